The maximum absolute atomic E-state index is 13.0. The molecule has 7 heteroatoms. The van der Waals surface area contributed by atoms with Gasteiger partial charge in [0, 0.05) is 38.3 Å². The predicted molar refractivity (Wildman–Crippen MR) is 101 cm³/mol. The first kappa shape index (κ1) is 20.3. The van der Waals surface area contributed by atoms with Crippen molar-refractivity contribution in [2.45, 2.75) is 51.1 Å². The summed E-state index contributed by atoms with van der Waals surface area (Å²) < 4.78 is 39.1. The van der Waals surface area contributed by atoms with Gasteiger partial charge in [-0.05, 0) is 30.5 Å². The van der Waals surface area contributed by atoms with Crippen LogP contribution < -0.4 is 4.90 Å². The standard InChI is InChI=1S/C20H26ClF3N2O/c21-18-8-7-16(14-17(18)20(22,23)24)25-10-12-26(13-11-25)19(27)9-6-15-4-2-1-3-5-15/h7-8,14-15H,1-6,9-13H2. The van der Waals surface area contributed by atoms with Crippen LogP contribution in [0.3, 0.4) is 0 Å². The maximum Gasteiger partial charge on any atom is 0.417 e. The lowest BCUT2D eigenvalue weighted by molar-refractivity contribution is -0.137. The summed E-state index contributed by atoms with van der Waals surface area (Å²) >= 11 is 5.69. The van der Waals surface area contributed by atoms with E-state index in [1.54, 1.807) is 6.07 Å². The van der Waals surface area contributed by atoms with E-state index in [4.69, 9.17) is 11.6 Å². The third kappa shape index (κ3) is 5.31. The van der Waals surface area contributed by atoms with Crippen LogP contribution in [0, 0.1) is 5.92 Å². The summed E-state index contributed by atoms with van der Waals surface area (Å²) in [4.78, 5) is 16.2. The lowest BCUT2D eigenvalue weighted by atomic mass is 9.86. The van der Waals surface area contributed by atoms with Crippen molar-refractivity contribution in [1.29, 1.82) is 0 Å². The summed E-state index contributed by atoms with van der Waals surface area (Å²) in [5.41, 5.74) is -0.311. The molecule has 2 fully saturated rings. The monoisotopic (exact) mass is 402 g/mol. The van der Waals surface area contributed by atoms with Gasteiger partial charge >= 0.3 is 6.18 Å². The number of hydrogen-bond acceptors (Lipinski definition) is 2. The normalized spacial score (nSPS) is 19.4. The van der Waals surface area contributed by atoms with Crippen molar-refractivity contribution in [1.82, 2.24) is 4.90 Å². The Hall–Kier alpha value is -1.43. The Morgan fingerprint density at radius 2 is 1.74 bits per heavy atom. The van der Waals surface area contributed by atoms with Crippen molar-refractivity contribution in [3.63, 3.8) is 0 Å². The van der Waals surface area contributed by atoms with E-state index in [2.05, 4.69) is 0 Å². The van der Waals surface area contributed by atoms with Crippen molar-refractivity contribution < 1.29 is 18.0 Å². The van der Waals surface area contributed by atoms with Crippen molar-refractivity contribution in [3.05, 3.63) is 28.8 Å². The van der Waals surface area contributed by atoms with Crippen LogP contribution >= 0.6 is 11.6 Å². The largest absolute Gasteiger partial charge is 0.417 e. The van der Waals surface area contributed by atoms with Crippen LogP contribution in [-0.4, -0.2) is 37.0 Å². The van der Waals surface area contributed by atoms with Gasteiger partial charge in [-0.3, -0.25) is 4.79 Å². The summed E-state index contributed by atoms with van der Waals surface area (Å²) in [6, 6.07) is 4.00. The molecule has 1 saturated carbocycles. The number of piperazine rings is 1. The summed E-state index contributed by atoms with van der Waals surface area (Å²) in [5.74, 6) is 0.853. The highest BCUT2D eigenvalue weighted by atomic mass is 35.5. The summed E-state index contributed by atoms with van der Waals surface area (Å²) in [7, 11) is 0. The Labute approximate surface area is 163 Å². The number of carbonyl (C=O) groups excluding carboxylic acids is 1. The second-order valence-electron chi connectivity index (χ2n) is 7.57. The lowest BCUT2D eigenvalue weighted by Crippen LogP contribution is -2.48. The van der Waals surface area contributed by atoms with Crippen LogP contribution in [0.4, 0.5) is 18.9 Å². The first-order valence-electron chi connectivity index (χ1n) is 9.74. The molecule has 2 aliphatic rings. The fourth-order valence-corrected chi connectivity index (χ4v) is 4.33. The molecule has 0 N–H and O–H groups in total. The number of benzene rings is 1. The molecule has 1 saturated heterocycles. The minimum atomic E-state index is -4.47. The quantitative estimate of drug-likeness (QED) is 0.676. The number of anilines is 1. The first-order chi connectivity index (χ1) is 12.8. The van der Waals surface area contributed by atoms with Gasteiger partial charge in [-0.2, -0.15) is 13.2 Å². The number of halogens is 4. The van der Waals surface area contributed by atoms with E-state index < -0.39 is 11.7 Å². The number of amides is 1. The van der Waals surface area contributed by atoms with Crippen LogP contribution in [0.1, 0.15) is 50.5 Å². The zero-order chi connectivity index (χ0) is 19.4. The molecular formula is C20H26ClF3N2O. The van der Waals surface area contributed by atoms with Crippen molar-refractivity contribution in [2.75, 3.05) is 31.1 Å². The van der Waals surface area contributed by atoms with Gasteiger partial charge in [0.2, 0.25) is 5.91 Å². The predicted octanol–water partition coefficient (Wildman–Crippen LogP) is 5.37. The van der Waals surface area contributed by atoms with E-state index in [1.807, 2.05) is 9.80 Å². The average Bonchev–Trinajstić information content (AvgIpc) is 2.66. The van der Waals surface area contributed by atoms with Gasteiger partial charge in [-0.25, -0.2) is 0 Å². The van der Waals surface area contributed by atoms with Gasteiger partial charge < -0.3 is 9.80 Å². The Kier molecular flexibility index (Phi) is 6.56. The zero-order valence-electron chi connectivity index (χ0n) is 15.4. The van der Waals surface area contributed by atoms with Crippen LogP contribution in [0.25, 0.3) is 0 Å². The number of nitrogens with zero attached hydrogens (tertiary/aromatic N) is 2. The molecular weight excluding hydrogens is 377 g/mol. The van der Waals surface area contributed by atoms with Crippen molar-refractivity contribution in [2.24, 2.45) is 5.92 Å². The molecule has 1 aromatic rings. The highest BCUT2D eigenvalue weighted by Crippen LogP contribution is 2.37. The van der Waals surface area contributed by atoms with Crippen LogP contribution in [0.5, 0.6) is 0 Å². The van der Waals surface area contributed by atoms with E-state index in [0.29, 0.717) is 44.2 Å². The molecule has 0 bridgehead atoms. The van der Waals surface area contributed by atoms with Crippen molar-refractivity contribution in [3.8, 4) is 0 Å². The number of carbonyl (C=O) groups is 1. The number of rotatable bonds is 4. The fourth-order valence-electron chi connectivity index (χ4n) is 4.10. The highest BCUT2D eigenvalue weighted by Gasteiger charge is 2.34. The summed E-state index contributed by atoms with van der Waals surface area (Å²) in [6.45, 7) is 2.17. The fraction of sp³-hybridized carbons (Fsp3) is 0.650. The third-order valence-corrected chi connectivity index (χ3v) is 6.07. The van der Waals surface area contributed by atoms with E-state index in [-0.39, 0.29) is 10.9 Å². The number of alkyl halides is 3. The van der Waals surface area contributed by atoms with E-state index in [0.717, 1.165) is 12.5 Å². The smallest absolute Gasteiger partial charge is 0.368 e. The average molecular weight is 403 g/mol. The molecule has 3 rings (SSSR count). The molecule has 0 radical (unpaired) electrons. The molecule has 0 aromatic heterocycles. The molecule has 150 valence electrons. The van der Waals surface area contributed by atoms with E-state index in [9.17, 15) is 18.0 Å². The summed E-state index contributed by atoms with van der Waals surface area (Å²) in [5, 5.41) is -0.289. The molecule has 0 atom stereocenters. The van der Waals surface area contributed by atoms with Crippen LogP contribution in [-0.2, 0) is 11.0 Å². The molecule has 1 aliphatic carbocycles. The lowest BCUT2D eigenvalue weighted by Gasteiger charge is -2.36. The van der Waals surface area contributed by atoms with Gasteiger partial charge in [-0.1, -0.05) is 43.7 Å². The van der Waals surface area contributed by atoms with Crippen LogP contribution in [0.15, 0.2) is 18.2 Å². The van der Waals surface area contributed by atoms with Gasteiger partial charge in [0.05, 0.1) is 10.6 Å². The van der Waals surface area contributed by atoms with E-state index >= 15 is 0 Å². The molecule has 1 amide bonds. The first-order valence-corrected chi connectivity index (χ1v) is 10.1. The molecule has 0 unspecified atom stereocenters. The SMILES string of the molecule is O=C(CCC1CCCCC1)N1CCN(c2ccc(Cl)c(C(F)(F)F)c2)CC1. The topological polar surface area (TPSA) is 23.6 Å². The number of hydrogen-bond donors (Lipinski definition) is 0. The molecule has 1 aliphatic heterocycles. The minimum absolute atomic E-state index is 0.173. The van der Waals surface area contributed by atoms with E-state index in [1.165, 1.54) is 38.2 Å². The molecule has 3 nitrogen and oxygen atoms in total. The Morgan fingerprint density at radius 3 is 2.37 bits per heavy atom. The van der Waals surface area contributed by atoms with Crippen LogP contribution in [0.2, 0.25) is 5.02 Å². The zero-order valence-corrected chi connectivity index (χ0v) is 16.2. The van der Waals surface area contributed by atoms with Crippen molar-refractivity contribution >= 4 is 23.2 Å². The highest BCUT2D eigenvalue weighted by molar-refractivity contribution is 6.31. The third-order valence-electron chi connectivity index (χ3n) is 5.74. The second-order valence-corrected chi connectivity index (χ2v) is 7.98. The molecule has 27 heavy (non-hydrogen) atoms. The Bertz CT molecular complexity index is 651. The van der Waals surface area contributed by atoms with Gasteiger partial charge in [-0.15, -0.1) is 0 Å². The van der Waals surface area contributed by atoms with Gasteiger partial charge in [0.25, 0.3) is 0 Å². The maximum atomic E-state index is 13.0. The molecule has 1 aromatic carbocycles. The Balaban J connectivity index is 1.52. The molecule has 0 spiro atoms. The molecule has 1 heterocycles. The minimum Gasteiger partial charge on any atom is -0.368 e. The van der Waals surface area contributed by atoms with Gasteiger partial charge in [0.1, 0.15) is 0 Å². The Morgan fingerprint density at radius 1 is 1.07 bits per heavy atom. The second kappa shape index (κ2) is 8.72. The van der Waals surface area contributed by atoms with Gasteiger partial charge in [0.15, 0.2) is 0 Å². The summed E-state index contributed by atoms with van der Waals surface area (Å²) in [6.07, 6.45) is 3.42.